The van der Waals surface area contributed by atoms with Crippen LogP contribution in [0.5, 0.6) is 0 Å². The first kappa shape index (κ1) is 10.6. The van der Waals surface area contributed by atoms with E-state index in [1.807, 2.05) is 20.8 Å². The standard InChI is InChI=1S/C6H9.Y/c1-4-5-6(2)3;/h1-3H3;/q-1;+3. The van der Waals surface area contributed by atoms with Gasteiger partial charge in [-0.15, -0.1) is 20.8 Å². The van der Waals surface area contributed by atoms with Crippen LogP contribution in [-0.2, 0) is 32.7 Å². The molecule has 0 N–H and O–H groups in total. The maximum Gasteiger partial charge on any atom is 3.00 e. The van der Waals surface area contributed by atoms with Crippen LogP contribution in [0.4, 0.5) is 0 Å². The topological polar surface area (TPSA) is 0 Å². The van der Waals surface area contributed by atoms with E-state index in [4.69, 9.17) is 0 Å². The maximum atomic E-state index is 2.88. The van der Waals surface area contributed by atoms with Gasteiger partial charge in [0.15, 0.2) is 0 Å². The van der Waals surface area contributed by atoms with Crippen molar-refractivity contribution in [3.05, 3.63) is 17.4 Å². The van der Waals surface area contributed by atoms with E-state index in [9.17, 15) is 0 Å². The van der Waals surface area contributed by atoms with Gasteiger partial charge in [0.2, 0.25) is 0 Å². The molecule has 34 valence electrons. The smallest absolute Gasteiger partial charge is 0.333 e. The minimum atomic E-state index is 0. The summed E-state index contributed by atoms with van der Waals surface area (Å²) >= 11 is 0. The van der Waals surface area contributed by atoms with Crippen molar-refractivity contribution in [1.82, 2.24) is 0 Å². The molecule has 0 heterocycles. The Hall–Kier alpha value is 0.624. The summed E-state index contributed by atoms with van der Waals surface area (Å²) in [7, 11) is 0. The molecule has 0 saturated carbocycles. The van der Waals surface area contributed by atoms with Crippen molar-refractivity contribution in [2.45, 2.75) is 20.8 Å². The molecule has 0 bridgehead atoms. The molecule has 0 aliphatic carbocycles. The zero-order chi connectivity index (χ0) is 4.99. The monoisotopic (exact) mass is 170 g/mol. The molecule has 0 nitrogen and oxygen atoms in total. The Morgan fingerprint density at radius 1 is 1.43 bits per heavy atom. The van der Waals surface area contributed by atoms with Crippen LogP contribution in [0.1, 0.15) is 20.8 Å². The zero-order valence-corrected chi connectivity index (χ0v) is 7.92. The number of hydrogen-bond acceptors (Lipinski definition) is 0. The molecule has 0 aromatic heterocycles. The molecule has 0 rings (SSSR count). The van der Waals surface area contributed by atoms with Crippen LogP contribution in [0.3, 0.4) is 0 Å². The predicted molar refractivity (Wildman–Crippen MR) is 27.3 cm³/mol. The molecule has 0 aliphatic rings. The third kappa shape index (κ3) is 10.8. The van der Waals surface area contributed by atoms with Gasteiger partial charge in [-0.25, -0.2) is 6.08 Å². The molecule has 0 saturated heterocycles. The molecule has 1 heteroatoms. The second-order valence-corrected chi connectivity index (χ2v) is 1.38. The second kappa shape index (κ2) is 6.62. The van der Waals surface area contributed by atoms with E-state index in [1.165, 1.54) is 5.57 Å². The van der Waals surface area contributed by atoms with Crippen LogP contribution in [0.15, 0.2) is 11.3 Å². The molecular formula is C6H9Y+2. The molecule has 0 unspecified atom stereocenters. The van der Waals surface area contributed by atoms with Crippen molar-refractivity contribution in [2.75, 3.05) is 0 Å². The zero-order valence-electron chi connectivity index (χ0n) is 5.08. The summed E-state index contributed by atoms with van der Waals surface area (Å²) in [6, 6.07) is 0. The molecule has 0 amide bonds. The van der Waals surface area contributed by atoms with Gasteiger partial charge >= 0.3 is 32.7 Å². The molecule has 0 radical (unpaired) electrons. The van der Waals surface area contributed by atoms with E-state index >= 15 is 0 Å². The van der Waals surface area contributed by atoms with E-state index in [-0.39, 0.29) is 32.7 Å². The van der Waals surface area contributed by atoms with Gasteiger partial charge in [-0.05, 0) is 0 Å². The first-order valence-electron chi connectivity index (χ1n) is 2.00. The summed E-state index contributed by atoms with van der Waals surface area (Å²) in [6.07, 6.45) is 2.78. The first-order valence-corrected chi connectivity index (χ1v) is 2.00. The minimum Gasteiger partial charge on any atom is -0.333 e. The van der Waals surface area contributed by atoms with Crippen molar-refractivity contribution in [1.29, 1.82) is 0 Å². The Kier molecular flexibility index (Phi) is 10.0. The van der Waals surface area contributed by atoms with Crippen molar-refractivity contribution < 1.29 is 32.7 Å². The van der Waals surface area contributed by atoms with E-state index in [0.29, 0.717) is 0 Å². The summed E-state index contributed by atoms with van der Waals surface area (Å²) < 4.78 is 0. The largest absolute Gasteiger partial charge is 3.00 e. The average molecular weight is 170 g/mol. The summed E-state index contributed by atoms with van der Waals surface area (Å²) in [5.74, 6) is 0. The van der Waals surface area contributed by atoms with E-state index < -0.39 is 0 Å². The maximum absolute atomic E-state index is 2.88. The van der Waals surface area contributed by atoms with Gasteiger partial charge in [-0.1, -0.05) is 0 Å². The molecule has 0 atom stereocenters. The molecule has 0 spiro atoms. The van der Waals surface area contributed by atoms with Gasteiger partial charge < -0.3 is 5.73 Å². The van der Waals surface area contributed by atoms with Crippen LogP contribution in [-0.4, -0.2) is 0 Å². The number of allylic oxidation sites excluding steroid dienone is 1. The Morgan fingerprint density at radius 3 is 1.86 bits per heavy atom. The summed E-state index contributed by atoms with van der Waals surface area (Å²) in [5, 5.41) is 0. The predicted octanol–water partition coefficient (Wildman–Crippen LogP) is 1.93. The van der Waals surface area contributed by atoms with Gasteiger partial charge in [-0.2, -0.15) is 5.57 Å². The third-order valence-corrected chi connectivity index (χ3v) is 0.375. The van der Waals surface area contributed by atoms with Crippen LogP contribution in [0.2, 0.25) is 0 Å². The number of hydrogen-bond donors (Lipinski definition) is 0. The Morgan fingerprint density at radius 2 is 1.86 bits per heavy atom. The quantitative estimate of drug-likeness (QED) is 0.385. The fourth-order valence-corrected chi connectivity index (χ4v) is 0.250. The fraction of sp³-hybridized carbons (Fsp3) is 0.500. The van der Waals surface area contributed by atoms with Crippen LogP contribution in [0.25, 0.3) is 0 Å². The van der Waals surface area contributed by atoms with Crippen LogP contribution in [0, 0.1) is 6.08 Å². The van der Waals surface area contributed by atoms with E-state index in [1.54, 1.807) is 0 Å². The van der Waals surface area contributed by atoms with E-state index in [2.05, 4.69) is 11.8 Å². The Labute approximate surface area is 70.6 Å². The van der Waals surface area contributed by atoms with Crippen LogP contribution >= 0.6 is 0 Å². The average Bonchev–Trinajstić information content (AvgIpc) is 1.35. The van der Waals surface area contributed by atoms with Gasteiger partial charge in [0, 0.05) is 0 Å². The third-order valence-electron chi connectivity index (χ3n) is 0.375. The van der Waals surface area contributed by atoms with Gasteiger partial charge in [-0.3, -0.25) is 0 Å². The summed E-state index contributed by atoms with van der Waals surface area (Å²) in [4.78, 5) is 0. The van der Waals surface area contributed by atoms with Crippen molar-refractivity contribution in [3.63, 3.8) is 0 Å². The normalized spacial score (nSPS) is 5.57. The first-order chi connectivity index (χ1) is 2.77. The molecule has 0 aromatic rings. The van der Waals surface area contributed by atoms with Crippen molar-refractivity contribution >= 4 is 0 Å². The van der Waals surface area contributed by atoms with Crippen molar-refractivity contribution in [3.8, 4) is 0 Å². The Balaban J connectivity index is 0. The SMILES string of the molecule is C[C-]=C=C(C)C.[Y+3]. The summed E-state index contributed by atoms with van der Waals surface area (Å²) in [5.41, 5.74) is 4.05. The molecule has 0 fully saturated rings. The Bertz CT molecular complexity index is 82.4. The van der Waals surface area contributed by atoms with Crippen LogP contribution < -0.4 is 0 Å². The summed E-state index contributed by atoms with van der Waals surface area (Å²) in [6.45, 7) is 5.83. The number of rotatable bonds is 0. The fourth-order valence-electron chi connectivity index (χ4n) is 0.250. The van der Waals surface area contributed by atoms with Gasteiger partial charge in [0.1, 0.15) is 0 Å². The van der Waals surface area contributed by atoms with Crippen molar-refractivity contribution in [2.24, 2.45) is 0 Å². The van der Waals surface area contributed by atoms with Gasteiger partial charge in [0.05, 0.1) is 0 Å². The second-order valence-electron chi connectivity index (χ2n) is 1.38. The molecule has 0 aliphatic heterocycles. The van der Waals surface area contributed by atoms with E-state index in [0.717, 1.165) is 0 Å². The molecule has 0 aromatic carbocycles. The van der Waals surface area contributed by atoms with Gasteiger partial charge in [0.25, 0.3) is 0 Å². The molecule has 7 heavy (non-hydrogen) atoms. The molecular weight excluding hydrogens is 161 g/mol. The minimum absolute atomic E-state index is 0.